The van der Waals surface area contributed by atoms with Gasteiger partial charge in [0.15, 0.2) is 0 Å². The molecule has 2 saturated heterocycles. The van der Waals surface area contributed by atoms with E-state index in [1.165, 1.54) is 4.90 Å². The molecule has 0 unspecified atom stereocenters. The van der Waals surface area contributed by atoms with Crippen molar-refractivity contribution in [1.82, 2.24) is 15.1 Å². The second-order valence-corrected chi connectivity index (χ2v) is 7.02. The van der Waals surface area contributed by atoms with Crippen molar-refractivity contribution in [3.05, 3.63) is 35.9 Å². The standard InChI is InChI=1S/C19H27N3O4/c23-18(26-14-15-4-2-1-3-5-15)20-16-6-10-21(11-7-16)17-8-12-22(13-9-17)19(24)25/h1-5,16-17H,6-14H2,(H,20,23)(H,24,25). The van der Waals surface area contributed by atoms with Crippen LogP contribution < -0.4 is 5.32 Å². The molecule has 0 saturated carbocycles. The van der Waals surface area contributed by atoms with Crippen LogP contribution in [0.3, 0.4) is 0 Å². The van der Waals surface area contributed by atoms with E-state index >= 15 is 0 Å². The Kier molecular flexibility index (Phi) is 6.33. The number of ether oxygens (including phenoxy) is 1. The summed E-state index contributed by atoms with van der Waals surface area (Å²) in [7, 11) is 0. The molecule has 7 nitrogen and oxygen atoms in total. The first-order valence-electron chi connectivity index (χ1n) is 9.31. The van der Waals surface area contributed by atoms with Gasteiger partial charge in [-0.1, -0.05) is 30.3 Å². The molecular formula is C19H27N3O4. The largest absolute Gasteiger partial charge is 0.465 e. The van der Waals surface area contributed by atoms with Crippen LogP contribution in [0, 0.1) is 0 Å². The van der Waals surface area contributed by atoms with Crippen LogP contribution >= 0.6 is 0 Å². The highest BCUT2D eigenvalue weighted by Gasteiger charge is 2.30. The molecule has 2 aliphatic heterocycles. The summed E-state index contributed by atoms with van der Waals surface area (Å²) in [6.07, 6.45) is 2.41. The zero-order chi connectivity index (χ0) is 18.4. The normalized spacial score (nSPS) is 19.9. The Bertz CT molecular complexity index is 594. The number of rotatable bonds is 4. The molecule has 1 aromatic rings. The number of carboxylic acid groups (broad SMARTS) is 1. The van der Waals surface area contributed by atoms with Gasteiger partial charge in [0.1, 0.15) is 6.61 Å². The number of nitrogens with one attached hydrogen (secondary N) is 1. The minimum atomic E-state index is -0.819. The summed E-state index contributed by atoms with van der Waals surface area (Å²) < 4.78 is 5.28. The van der Waals surface area contributed by atoms with Gasteiger partial charge in [-0.15, -0.1) is 0 Å². The molecule has 2 heterocycles. The van der Waals surface area contributed by atoms with Crippen LogP contribution in [0.15, 0.2) is 30.3 Å². The number of carbonyl (C=O) groups excluding carboxylic acids is 1. The molecule has 0 bridgehead atoms. The summed E-state index contributed by atoms with van der Waals surface area (Å²) >= 11 is 0. The Morgan fingerprint density at radius 1 is 1.04 bits per heavy atom. The summed E-state index contributed by atoms with van der Waals surface area (Å²) in [5.74, 6) is 0. The molecule has 2 aliphatic rings. The molecule has 142 valence electrons. The molecule has 1 aromatic carbocycles. The Labute approximate surface area is 153 Å². The molecule has 0 radical (unpaired) electrons. The van der Waals surface area contributed by atoms with E-state index in [0.717, 1.165) is 44.3 Å². The molecule has 0 aromatic heterocycles. The van der Waals surface area contributed by atoms with Gasteiger partial charge in [-0.2, -0.15) is 0 Å². The highest BCUT2D eigenvalue weighted by molar-refractivity contribution is 5.67. The maximum absolute atomic E-state index is 12.0. The van der Waals surface area contributed by atoms with Gasteiger partial charge in [-0.05, 0) is 31.2 Å². The number of likely N-dealkylation sites (tertiary alicyclic amines) is 2. The summed E-state index contributed by atoms with van der Waals surface area (Å²) in [5.41, 5.74) is 0.977. The van der Waals surface area contributed by atoms with Crippen molar-refractivity contribution in [1.29, 1.82) is 0 Å². The maximum Gasteiger partial charge on any atom is 0.407 e. The quantitative estimate of drug-likeness (QED) is 0.861. The molecule has 0 spiro atoms. The van der Waals surface area contributed by atoms with E-state index in [1.54, 1.807) is 0 Å². The predicted molar refractivity (Wildman–Crippen MR) is 97.0 cm³/mol. The van der Waals surface area contributed by atoms with Crippen LogP contribution in [-0.2, 0) is 11.3 Å². The van der Waals surface area contributed by atoms with Crippen LogP contribution in [0.25, 0.3) is 0 Å². The number of hydrogen-bond acceptors (Lipinski definition) is 4. The number of nitrogens with zero attached hydrogens (tertiary/aromatic N) is 2. The average Bonchev–Trinajstić information content (AvgIpc) is 2.68. The van der Waals surface area contributed by atoms with Crippen LogP contribution in [0.2, 0.25) is 0 Å². The van der Waals surface area contributed by atoms with Crippen LogP contribution in [0.5, 0.6) is 0 Å². The van der Waals surface area contributed by atoms with Gasteiger partial charge >= 0.3 is 12.2 Å². The molecule has 2 fully saturated rings. The number of benzene rings is 1. The first-order chi connectivity index (χ1) is 12.6. The van der Waals surface area contributed by atoms with E-state index in [4.69, 9.17) is 9.84 Å². The third kappa shape index (κ3) is 5.11. The van der Waals surface area contributed by atoms with Crippen LogP contribution in [-0.4, -0.2) is 65.4 Å². The molecule has 0 atom stereocenters. The molecule has 2 N–H and O–H groups in total. The Morgan fingerprint density at radius 2 is 1.69 bits per heavy atom. The minimum absolute atomic E-state index is 0.147. The van der Waals surface area contributed by atoms with E-state index < -0.39 is 6.09 Å². The summed E-state index contributed by atoms with van der Waals surface area (Å²) in [6, 6.07) is 10.2. The van der Waals surface area contributed by atoms with Crippen molar-refractivity contribution < 1.29 is 19.4 Å². The predicted octanol–water partition coefficient (Wildman–Crippen LogP) is 2.52. The number of alkyl carbamates (subject to hydrolysis) is 1. The number of piperidine rings is 2. The van der Waals surface area contributed by atoms with Gasteiger partial charge in [0.05, 0.1) is 0 Å². The fourth-order valence-corrected chi connectivity index (χ4v) is 3.76. The average molecular weight is 361 g/mol. The highest BCUT2D eigenvalue weighted by atomic mass is 16.5. The van der Waals surface area contributed by atoms with E-state index in [1.807, 2.05) is 30.3 Å². The molecular weight excluding hydrogens is 334 g/mol. The lowest BCUT2D eigenvalue weighted by molar-refractivity contribution is 0.0763. The maximum atomic E-state index is 12.0. The third-order valence-corrected chi connectivity index (χ3v) is 5.32. The van der Waals surface area contributed by atoms with E-state index in [9.17, 15) is 9.59 Å². The van der Waals surface area contributed by atoms with Gasteiger partial charge in [-0.3, -0.25) is 0 Å². The van der Waals surface area contributed by atoms with Crippen molar-refractivity contribution >= 4 is 12.2 Å². The zero-order valence-corrected chi connectivity index (χ0v) is 15.0. The van der Waals surface area contributed by atoms with E-state index in [0.29, 0.717) is 19.1 Å². The summed E-state index contributed by atoms with van der Waals surface area (Å²) in [5, 5.41) is 12.0. The van der Waals surface area contributed by atoms with Gasteiger partial charge < -0.3 is 25.0 Å². The SMILES string of the molecule is O=C(NC1CCN(C2CCN(C(=O)O)CC2)CC1)OCc1ccccc1. The Morgan fingerprint density at radius 3 is 2.31 bits per heavy atom. The van der Waals surface area contributed by atoms with Crippen LogP contribution in [0.1, 0.15) is 31.2 Å². The second-order valence-electron chi connectivity index (χ2n) is 7.02. The Balaban J connectivity index is 1.35. The van der Waals surface area contributed by atoms with Crippen molar-refractivity contribution in [3.8, 4) is 0 Å². The fourth-order valence-electron chi connectivity index (χ4n) is 3.76. The van der Waals surface area contributed by atoms with Crippen molar-refractivity contribution in [3.63, 3.8) is 0 Å². The first-order valence-corrected chi connectivity index (χ1v) is 9.31. The van der Waals surface area contributed by atoms with Crippen molar-refractivity contribution in [2.75, 3.05) is 26.2 Å². The van der Waals surface area contributed by atoms with Gasteiger partial charge in [0.25, 0.3) is 0 Å². The summed E-state index contributed by atoms with van der Waals surface area (Å²) in [4.78, 5) is 26.9. The minimum Gasteiger partial charge on any atom is -0.465 e. The molecule has 3 rings (SSSR count). The monoisotopic (exact) mass is 361 g/mol. The second kappa shape index (κ2) is 8.89. The van der Waals surface area contributed by atoms with E-state index in [2.05, 4.69) is 10.2 Å². The topological polar surface area (TPSA) is 82.1 Å². The highest BCUT2D eigenvalue weighted by Crippen LogP contribution is 2.21. The number of amides is 2. The van der Waals surface area contributed by atoms with Gasteiger partial charge in [-0.25, -0.2) is 9.59 Å². The lowest BCUT2D eigenvalue weighted by Gasteiger charge is -2.41. The Hall–Kier alpha value is -2.28. The lowest BCUT2D eigenvalue weighted by Crippen LogP contribution is -2.51. The van der Waals surface area contributed by atoms with Crippen molar-refractivity contribution in [2.24, 2.45) is 0 Å². The van der Waals surface area contributed by atoms with Gasteiger partial charge in [0.2, 0.25) is 0 Å². The molecule has 26 heavy (non-hydrogen) atoms. The van der Waals surface area contributed by atoms with Gasteiger partial charge in [0, 0.05) is 38.3 Å². The van der Waals surface area contributed by atoms with Crippen LogP contribution in [0.4, 0.5) is 9.59 Å². The number of hydrogen-bond donors (Lipinski definition) is 2. The summed E-state index contributed by atoms with van der Waals surface area (Å²) in [6.45, 7) is 3.38. The molecule has 0 aliphatic carbocycles. The first kappa shape index (κ1) is 18.5. The third-order valence-electron chi connectivity index (χ3n) is 5.32. The van der Waals surface area contributed by atoms with E-state index in [-0.39, 0.29) is 18.7 Å². The lowest BCUT2D eigenvalue weighted by atomic mass is 9.98. The number of carbonyl (C=O) groups is 2. The fraction of sp³-hybridized carbons (Fsp3) is 0.579. The zero-order valence-electron chi connectivity index (χ0n) is 15.0. The molecule has 7 heteroatoms. The molecule has 2 amide bonds. The van der Waals surface area contributed by atoms with Crippen molar-refractivity contribution in [2.45, 2.75) is 44.4 Å². The smallest absolute Gasteiger partial charge is 0.407 e.